The lowest BCUT2D eigenvalue weighted by molar-refractivity contribution is 0.368. The molecular weight excluding hydrogens is 166 g/mol. The van der Waals surface area contributed by atoms with Crippen molar-refractivity contribution in [2.75, 3.05) is 19.6 Å². The predicted molar refractivity (Wildman–Crippen MR) is 39.5 cm³/mol. The van der Waals surface area contributed by atoms with Gasteiger partial charge in [-0.05, 0) is 31.8 Å². The molecule has 2 aliphatic heterocycles. The van der Waals surface area contributed by atoms with Crippen LogP contribution in [0.4, 0.5) is 0 Å². The van der Waals surface area contributed by atoms with E-state index in [0.717, 1.165) is 5.92 Å². The second kappa shape index (κ2) is 2.36. The van der Waals surface area contributed by atoms with E-state index in [2.05, 4.69) is 4.90 Å². The van der Waals surface area contributed by atoms with Gasteiger partial charge in [0.15, 0.2) is 0 Å². The maximum Gasteiger partial charge on any atom is 0.00106 e. The van der Waals surface area contributed by atoms with E-state index in [1.54, 1.807) is 0 Å². The number of hydrogen-bond acceptors (Lipinski definition) is 1. The van der Waals surface area contributed by atoms with Crippen molar-refractivity contribution in [2.24, 2.45) is 5.92 Å². The lowest BCUT2D eigenvalue weighted by Gasteiger charge is -2.09. The average molecular weight is 178 g/mol. The maximum absolute atomic E-state index is 2.56. The van der Waals surface area contributed by atoms with Crippen LogP contribution in [0.2, 0.25) is 0 Å². The van der Waals surface area contributed by atoms with Gasteiger partial charge in [-0.15, -0.1) is 17.0 Å². The van der Waals surface area contributed by atoms with Crippen LogP contribution in [0.3, 0.4) is 0 Å². The first kappa shape index (κ1) is 6.56. The van der Waals surface area contributed by atoms with Gasteiger partial charge in [-0.2, -0.15) is 0 Å². The van der Waals surface area contributed by atoms with Gasteiger partial charge in [0.05, 0.1) is 0 Å². The average Bonchev–Trinajstić information content (AvgIpc) is 2.22. The first-order chi connectivity index (χ1) is 3.45. The molecule has 1 nitrogen and oxygen atoms in total. The molecule has 8 heavy (non-hydrogen) atoms. The fourth-order valence-corrected chi connectivity index (χ4v) is 1.72. The molecule has 2 rings (SSSR count). The van der Waals surface area contributed by atoms with Crippen LogP contribution in [0.5, 0.6) is 0 Å². The van der Waals surface area contributed by atoms with Crippen LogP contribution in [-0.4, -0.2) is 24.5 Å². The summed E-state index contributed by atoms with van der Waals surface area (Å²) >= 11 is 0. The SMILES string of the molecule is Br.C1CN2CCC1C2. The summed E-state index contributed by atoms with van der Waals surface area (Å²) in [6, 6.07) is 0. The Morgan fingerprint density at radius 1 is 1.12 bits per heavy atom. The third-order valence-electron chi connectivity index (χ3n) is 2.22. The van der Waals surface area contributed by atoms with E-state index in [4.69, 9.17) is 0 Å². The highest BCUT2D eigenvalue weighted by molar-refractivity contribution is 8.93. The molecule has 0 amide bonds. The van der Waals surface area contributed by atoms with E-state index in [1.807, 2.05) is 0 Å². The summed E-state index contributed by atoms with van der Waals surface area (Å²) < 4.78 is 0. The van der Waals surface area contributed by atoms with Gasteiger partial charge in [0.1, 0.15) is 0 Å². The largest absolute Gasteiger partial charge is 0.303 e. The molecule has 2 bridgehead atoms. The quantitative estimate of drug-likeness (QED) is 0.540. The summed E-state index contributed by atoms with van der Waals surface area (Å²) in [6.45, 7) is 4.20. The number of rotatable bonds is 0. The Balaban J connectivity index is 0.000000320. The van der Waals surface area contributed by atoms with Crippen molar-refractivity contribution in [3.8, 4) is 0 Å². The lowest BCUT2D eigenvalue weighted by Crippen LogP contribution is -2.15. The van der Waals surface area contributed by atoms with Crippen molar-refractivity contribution in [1.82, 2.24) is 4.90 Å². The number of fused-ring (bicyclic) bond motifs is 2. The smallest absolute Gasteiger partial charge is 0.00106 e. The van der Waals surface area contributed by atoms with Crippen molar-refractivity contribution < 1.29 is 0 Å². The lowest BCUT2D eigenvalue weighted by atomic mass is 10.1. The molecule has 2 heteroatoms. The minimum Gasteiger partial charge on any atom is -0.303 e. The Morgan fingerprint density at radius 2 is 1.75 bits per heavy atom. The molecule has 0 aromatic rings. The molecule has 0 saturated carbocycles. The van der Waals surface area contributed by atoms with Gasteiger partial charge < -0.3 is 4.90 Å². The van der Waals surface area contributed by atoms with Crippen LogP contribution in [0.1, 0.15) is 12.8 Å². The van der Waals surface area contributed by atoms with Gasteiger partial charge in [0.25, 0.3) is 0 Å². The number of halogens is 1. The normalized spacial score (nSPS) is 42.0. The van der Waals surface area contributed by atoms with E-state index < -0.39 is 0 Å². The molecule has 0 unspecified atom stereocenters. The second-order valence-electron chi connectivity index (χ2n) is 2.74. The zero-order chi connectivity index (χ0) is 4.69. The molecule has 0 aromatic heterocycles. The molecule has 2 aliphatic rings. The summed E-state index contributed by atoms with van der Waals surface area (Å²) in [6.07, 6.45) is 2.97. The first-order valence-electron chi connectivity index (χ1n) is 3.17. The molecule has 48 valence electrons. The molecule has 0 radical (unpaired) electrons. The Hall–Kier alpha value is 0.440. The summed E-state index contributed by atoms with van der Waals surface area (Å²) in [5, 5.41) is 0. The fourth-order valence-electron chi connectivity index (χ4n) is 1.72. The van der Waals surface area contributed by atoms with Crippen molar-refractivity contribution >= 4 is 17.0 Å². The summed E-state index contributed by atoms with van der Waals surface area (Å²) in [5.41, 5.74) is 0. The van der Waals surface area contributed by atoms with Gasteiger partial charge in [-0.25, -0.2) is 0 Å². The molecule has 0 spiro atoms. The molecule has 0 atom stereocenters. The van der Waals surface area contributed by atoms with E-state index in [-0.39, 0.29) is 17.0 Å². The third kappa shape index (κ3) is 0.914. The highest BCUT2D eigenvalue weighted by Gasteiger charge is 2.28. The Labute approximate surface area is 60.8 Å². The van der Waals surface area contributed by atoms with Crippen LogP contribution >= 0.6 is 17.0 Å². The second-order valence-corrected chi connectivity index (χ2v) is 2.74. The van der Waals surface area contributed by atoms with Crippen molar-refractivity contribution in [1.29, 1.82) is 0 Å². The maximum atomic E-state index is 2.56. The molecular formula is C6H12BrN. The van der Waals surface area contributed by atoms with Crippen molar-refractivity contribution in [3.63, 3.8) is 0 Å². The van der Waals surface area contributed by atoms with Gasteiger partial charge in [-0.1, -0.05) is 0 Å². The van der Waals surface area contributed by atoms with Gasteiger partial charge in [0, 0.05) is 6.54 Å². The zero-order valence-corrected chi connectivity index (χ0v) is 6.68. The Bertz CT molecular complexity index is 66.6. The Morgan fingerprint density at radius 3 is 1.88 bits per heavy atom. The highest BCUT2D eigenvalue weighted by Crippen LogP contribution is 2.26. The third-order valence-corrected chi connectivity index (χ3v) is 2.22. The zero-order valence-electron chi connectivity index (χ0n) is 4.97. The van der Waals surface area contributed by atoms with E-state index in [0.29, 0.717) is 0 Å². The van der Waals surface area contributed by atoms with E-state index >= 15 is 0 Å². The fraction of sp³-hybridized carbons (Fsp3) is 1.00. The predicted octanol–water partition coefficient (Wildman–Crippen LogP) is 1.29. The highest BCUT2D eigenvalue weighted by atomic mass is 79.9. The topological polar surface area (TPSA) is 3.24 Å². The van der Waals surface area contributed by atoms with Crippen LogP contribution in [0, 0.1) is 5.92 Å². The van der Waals surface area contributed by atoms with Crippen LogP contribution in [0.15, 0.2) is 0 Å². The molecule has 0 aliphatic carbocycles. The summed E-state index contributed by atoms with van der Waals surface area (Å²) in [4.78, 5) is 2.56. The molecule has 2 fully saturated rings. The number of nitrogens with zero attached hydrogens (tertiary/aromatic N) is 1. The van der Waals surface area contributed by atoms with Gasteiger partial charge in [-0.3, -0.25) is 0 Å². The number of hydrogen-bond donors (Lipinski definition) is 0. The minimum absolute atomic E-state index is 0. The van der Waals surface area contributed by atoms with Crippen LogP contribution < -0.4 is 0 Å². The van der Waals surface area contributed by atoms with Crippen molar-refractivity contribution in [2.45, 2.75) is 12.8 Å². The molecule has 0 aromatic carbocycles. The monoisotopic (exact) mass is 177 g/mol. The standard InChI is InChI=1S/C6H11N.BrH/c1-3-7-4-2-6(1)5-7;/h6H,1-5H2;1H. The summed E-state index contributed by atoms with van der Waals surface area (Å²) in [5.74, 6) is 1.10. The summed E-state index contributed by atoms with van der Waals surface area (Å²) in [7, 11) is 0. The van der Waals surface area contributed by atoms with Gasteiger partial charge in [0.2, 0.25) is 0 Å². The molecule has 2 saturated heterocycles. The van der Waals surface area contributed by atoms with Gasteiger partial charge >= 0.3 is 0 Å². The minimum atomic E-state index is 0. The number of piperidine rings is 1. The van der Waals surface area contributed by atoms with Crippen LogP contribution in [0.25, 0.3) is 0 Å². The van der Waals surface area contributed by atoms with Crippen LogP contribution in [-0.2, 0) is 0 Å². The van der Waals surface area contributed by atoms with E-state index in [1.165, 1.54) is 32.5 Å². The van der Waals surface area contributed by atoms with E-state index in [9.17, 15) is 0 Å². The first-order valence-corrected chi connectivity index (χ1v) is 3.17. The molecule has 2 heterocycles. The molecule has 0 N–H and O–H groups in total. The Kier molecular flexibility index (Phi) is 1.93. The van der Waals surface area contributed by atoms with Crippen molar-refractivity contribution in [3.05, 3.63) is 0 Å².